The van der Waals surface area contributed by atoms with Crippen molar-refractivity contribution in [3.63, 3.8) is 0 Å². The number of thioether (sulfide) groups is 1. The van der Waals surface area contributed by atoms with Gasteiger partial charge >= 0.3 is 0 Å². The normalized spacial score (nSPS) is 30.0. The van der Waals surface area contributed by atoms with Crippen LogP contribution in [0.25, 0.3) is 0 Å². The third-order valence-electron chi connectivity index (χ3n) is 4.06. The molecule has 0 bridgehead atoms. The fraction of sp³-hybridized carbons (Fsp3) is 1.00. The van der Waals surface area contributed by atoms with Crippen molar-refractivity contribution in [1.29, 1.82) is 0 Å². The van der Waals surface area contributed by atoms with E-state index < -0.39 is 0 Å². The summed E-state index contributed by atoms with van der Waals surface area (Å²) in [4.78, 5) is 2.50. The lowest BCUT2D eigenvalue weighted by Gasteiger charge is -2.46. The molecule has 3 atom stereocenters. The molecule has 18 heavy (non-hydrogen) atoms. The molecule has 1 saturated heterocycles. The summed E-state index contributed by atoms with van der Waals surface area (Å²) in [5.74, 6) is 1.20. The summed E-state index contributed by atoms with van der Waals surface area (Å²) in [6, 6.07) is 0.370. The molecule has 0 saturated carbocycles. The summed E-state index contributed by atoms with van der Waals surface area (Å²) in [6.45, 7) is 7.62. The van der Waals surface area contributed by atoms with E-state index in [1.54, 1.807) is 14.2 Å². The van der Waals surface area contributed by atoms with Gasteiger partial charge in [0.05, 0.1) is 13.2 Å². The Morgan fingerprint density at radius 1 is 1.44 bits per heavy atom. The number of hydrogen-bond donors (Lipinski definition) is 1. The van der Waals surface area contributed by atoms with Gasteiger partial charge in [-0.2, -0.15) is 11.8 Å². The van der Waals surface area contributed by atoms with Gasteiger partial charge < -0.3 is 15.2 Å². The molecule has 1 rings (SSSR count). The molecule has 108 valence electrons. The highest BCUT2D eigenvalue weighted by molar-refractivity contribution is 8.00. The van der Waals surface area contributed by atoms with Crippen molar-refractivity contribution in [1.82, 2.24) is 4.90 Å². The summed E-state index contributed by atoms with van der Waals surface area (Å²) in [6.07, 6.45) is 1.16. The van der Waals surface area contributed by atoms with E-state index in [0.717, 1.165) is 26.2 Å². The average Bonchev–Trinajstić information content (AvgIpc) is 2.73. The van der Waals surface area contributed by atoms with Crippen LogP contribution in [0.1, 0.15) is 20.3 Å². The van der Waals surface area contributed by atoms with E-state index in [1.165, 1.54) is 5.75 Å². The summed E-state index contributed by atoms with van der Waals surface area (Å²) < 4.78 is 10.6. The van der Waals surface area contributed by atoms with E-state index in [-0.39, 0.29) is 5.54 Å². The number of ether oxygens (including phenoxy) is 2. The van der Waals surface area contributed by atoms with E-state index >= 15 is 0 Å². The molecule has 0 aromatic rings. The van der Waals surface area contributed by atoms with Gasteiger partial charge in [-0.1, -0.05) is 6.92 Å². The van der Waals surface area contributed by atoms with Gasteiger partial charge in [-0.25, -0.2) is 0 Å². The van der Waals surface area contributed by atoms with E-state index in [0.29, 0.717) is 17.8 Å². The van der Waals surface area contributed by atoms with Crippen LogP contribution in [0.15, 0.2) is 0 Å². The van der Waals surface area contributed by atoms with Crippen LogP contribution in [0.2, 0.25) is 0 Å². The van der Waals surface area contributed by atoms with Gasteiger partial charge in [0.1, 0.15) is 0 Å². The second-order valence-corrected chi connectivity index (χ2v) is 6.51. The zero-order valence-corrected chi connectivity index (χ0v) is 13.0. The number of hydrogen-bond acceptors (Lipinski definition) is 5. The first-order valence-electron chi connectivity index (χ1n) is 6.68. The van der Waals surface area contributed by atoms with Gasteiger partial charge in [-0.15, -0.1) is 0 Å². The number of nitrogens with zero attached hydrogens (tertiary/aromatic N) is 1. The van der Waals surface area contributed by atoms with Crippen LogP contribution in [0.3, 0.4) is 0 Å². The highest BCUT2D eigenvalue weighted by Crippen LogP contribution is 2.40. The first-order chi connectivity index (χ1) is 8.62. The molecule has 0 aromatic carbocycles. The van der Waals surface area contributed by atoms with Crippen LogP contribution >= 0.6 is 11.8 Å². The second kappa shape index (κ2) is 7.70. The zero-order chi connectivity index (χ0) is 13.6. The Morgan fingerprint density at radius 2 is 2.17 bits per heavy atom. The first-order valence-corrected chi connectivity index (χ1v) is 7.73. The van der Waals surface area contributed by atoms with Gasteiger partial charge in [-0.05, 0) is 19.1 Å². The fourth-order valence-corrected chi connectivity index (χ4v) is 4.42. The quantitative estimate of drug-likeness (QED) is 0.722. The maximum Gasteiger partial charge on any atom is 0.0615 e. The zero-order valence-electron chi connectivity index (χ0n) is 12.1. The van der Waals surface area contributed by atoms with Crippen molar-refractivity contribution < 1.29 is 9.47 Å². The maximum absolute atomic E-state index is 6.13. The Balaban J connectivity index is 2.84. The lowest BCUT2D eigenvalue weighted by atomic mass is 9.89. The lowest BCUT2D eigenvalue weighted by molar-refractivity contribution is 0.00148. The van der Waals surface area contributed by atoms with Crippen LogP contribution in [0.5, 0.6) is 0 Å². The minimum Gasteiger partial charge on any atom is -0.383 e. The van der Waals surface area contributed by atoms with E-state index in [4.69, 9.17) is 15.2 Å². The molecule has 0 spiro atoms. The molecule has 4 nitrogen and oxygen atoms in total. The Bertz CT molecular complexity index is 243. The third kappa shape index (κ3) is 3.39. The summed E-state index contributed by atoms with van der Waals surface area (Å²) >= 11 is 2.02. The van der Waals surface area contributed by atoms with Gasteiger partial charge in [0.25, 0.3) is 0 Å². The van der Waals surface area contributed by atoms with E-state index in [9.17, 15) is 0 Å². The largest absolute Gasteiger partial charge is 0.383 e. The molecule has 1 fully saturated rings. The Hall–Kier alpha value is 0.190. The van der Waals surface area contributed by atoms with Crippen molar-refractivity contribution in [3.05, 3.63) is 0 Å². The van der Waals surface area contributed by atoms with Crippen molar-refractivity contribution >= 4 is 11.8 Å². The Morgan fingerprint density at radius 3 is 2.61 bits per heavy atom. The van der Waals surface area contributed by atoms with Crippen LogP contribution in [0, 0.1) is 0 Å². The number of rotatable bonds is 8. The summed E-state index contributed by atoms with van der Waals surface area (Å²) in [5, 5.41) is 0.568. The highest BCUT2D eigenvalue weighted by Gasteiger charge is 2.46. The Kier molecular flexibility index (Phi) is 6.95. The summed E-state index contributed by atoms with van der Waals surface area (Å²) in [5.41, 5.74) is 6.23. The molecular weight excluding hydrogens is 248 g/mol. The van der Waals surface area contributed by atoms with E-state index in [1.807, 2.05) is 11.8 Å². The maximum atomic E-state index is 6.13. The van der Waals surface area contributed by atoms with Gasteiger partial charge in [0.15, 0.2) is 0 Å². The lowest BCUT2D eigenvalue weighted by Crippen LogP contribution is -2.61. The predicted octanol–water partition coefficient (Wildman–Crippen LogP) is 1.19. The monoisotopic (exact) mass is 276 g/mol. The van der Waals surface area contributed by atoms with Gasteiger partial charge in [-0.3, -0.25) is 4.90 Å². The fourth-order valence-electron chi connectivity index (χ4n) is 2.94. The molecule has 1 aliphatic heterocycles. The van der Waals surface area contributed by atoms with Crippen molar-refractivity contribution in [2.75, 3.05) is 46.3 Å². The molecule has 0 aliphatic carbocycles. The molecular formula is C13H28N2O2S. The standard InChI is InChI=1S/C13H28N2O2S/c1-11(9-17-4)15(6-7-16-3)13(10-14)5-8-18-12(13)2/h11-12H,5-10,14H2,1-4H3. The molecule has 1 aliphatic rings. The minimum atomic E-state index is 0.0984. The predicted molar refractivity (Wildman–Crippen MR) is 78.2 cm³/mol. The summed E-state index contributed by atoms with van der Waals surface area (Å²) in [7, 11) is 3.51. The second-order valence-electron chi connectivity index (χ2n) is 5.06. The Labute approximate surface area is 116 Å². The van der Waals surface area contributed by atoms with Crippen LogP contribution in [-0.4, -0.2) is 68.0 Å². The van der Waals surface area contributed by atoms with Crippen molar-refractivity contribution in [3.8, 4) is 0 Å². The highest BCUT2D eigenvalue weighted by atomic mass is 32.2. The average molecular weight is 276 g/mol. The minimum absolute atomic E-state index is 0.0984. The molecule has 0 radical (unpaired) electrons. The van der Waals surface area contributed by atoms with Crippen molar-refractivity contribution in [2.45, 2.75) is 37.1 Å². The van der Waals surface area contributed by atoms with Crippen molar-refractivity contribution in [2.24, 2.45) is 5.73 Å². The molecule has 2 N–H and O–H groups in total. The SMILES string of the molecule is COCCN(C(C)COC)C1(CN)CCSC1C. The van der Waals surface area contributed by atoms with Crippen LogP contribution < -0.4 is 5.73 Å². The molecule has 1 heterocycles. The molecule has 5 heteroatoms. The van der Waals surface area contributed by atoms with E-state index in [2.05, 4.69) is 18.7 Å². The first kappa shape index (κ1) is 16.2. The number of nitrogens with two attached hydrogens (primary N) is 1. The molecule has 0 aromatic heterocycles. The topological polar surface area (TPSA) is 47.7 Å². The number of methoxy groups -OCH3 is 2. The van der Waals surface area contributed by atoms with Gasteiger partial charge in [0, 0.05) is 44.1 Å². The molecule has 0 amide bonds. The smallest absolute Gasteiger partial charge is 0.0615 e. The van der Waals surface area contributed by atoms with Gasteiger partial charge in [0.2, 0.25) is 0 Å². The van der Waals surface area contributed by atoms with Crippen LogP contribution in [0.4, 0.5) is 0 Å². The molecule has 3 unspecified atom stereocenters. The third-order valence-corrected chi connectivity index (χ3v) is 5.44. The van der Waals surface area contributed by atoms with Crippen LogP contribution in [-0.2, 0) is 9.47 Å².